The first kappa shape index (κ1) is 21.0. The Bertz CT molecular complexity index is 951. The minimum absolute atomic E-state index is 0.191. The highest BCUT2D eigenvalue weighted by Gasteiger charge is 2.36. The van der Waals surface area contributed by atoms with E-state index in [-0.39, 0.29) is 6.10 Å². The second kappa shape index (κ2) is 9.70. The number of hydrogen-bond donors (Lipinski definition) is 0. The van der Waals surface area contributed by atoms with Gasteiger partial charge in [-0.1, -0.05) is 64.5 Å². The molecular formula is C26H29BrN2O2. The minimum atomic E-state index is 0.191. The summed E-state index contributed by atoms with van der Waals surface area (Å²) in [5.74, 6) is 1.30. The third kappa shape index (κ3) is 4.96. The van der Waals surface area contributed by atoms with Crippen molar-refractivity contribution in [2.75, 3.05) is 52.5 Å². The Hall–Kier alpha value is -1.92. The average molecular weight is 481 g/mol. The van der Waals surface area contributed by atoms with Gasteiger partial charge in [-0.15, -0.1) is 0 Å². The summed E-state index contributed by atoms with van der Waals surface area (Å²) in [6.07, 6.45) is 6.93. The topological polar surface area (TPSA) is 24.9 Å². The highest BCUT2D eigenvalue weighted by atomic mass is 79.9. The van der Waals surface area contributed by atoms with Gasteiger partial charge in [-0.05, 0) is 29.3 Å². The summed E-state index contributed by atoms with van der Waals surface area (Å²) >= 11 is 3.61. The Morgan fingerprint density at radius 1 is 1.00 bits per heavy atom. The minimum Gasteiger partial charge on any atom is -0.492 e. The zero-order valence-corrected chi connectivity index (χ0v) is 19.3. The number of hydrogen-bond acceptors (Lipinski definition) is 4. The van der Waals surface area contributed by atoms with Crippen LogP contribution < -0.4 is 4.74 Å². The molecule has 0 radical (unpaired) electrons. The predicted molar refractivity (Wildman–Crippen MR) is 129 cm³/mol. The normalized spacial score (nSPS) is 24.4. The molecule has 0 aromatic heterocycles. The fourth-order valence-corrected chi connectivity index (χ4v) is 5.12. The number of piperazine rings is 1. The fourth-order valence-electron chi connectivity index (χ4n) is 4.76. The SMILES string of the molecule is Brc1ccc2c(c1)C1=CCOC(CN3CCN(C/C=C/c4ccccc4)CC3)C1CO2. The summed E-state index contributed by atoms with van der Waals surface area (Å²) in [7, 11) is 0. The molecule has 0 amide bonds. The molecule has 2 aromatic rings. The number of benzene rings is 2. The van der Waals surface area contributed by atoms with Crippen LogP contribution in [-0.2, 0) is 4.74 Å². The third-order valence-corrected chi connectivity index (χ3v) is 7.00. The van der Waals surface area contributed by atoms with E-state index in [4.69, 9.17) is 9.47 Å². The maximum Gasteiger partial charge on any atom is 0.126 e. The van der Waals surface area contributed by atoms with E-state index in [1.54, 1.807) is 0 Å². The van der Waals surface area contributed by atoms with Gasteiger partial charge in [0.1, 0.15) is 5.75 Å². The van der Waals surface area contributed by atoms with Crippen molar-refractivity contribution in [1.29, 1.82) is 0 Å². The summed E-state index contributed by atoms with van der Waals surface area (Å²) in [5, 5.41) is 0. The van der Waals surface area contributed by atoms with Crippen molar-refractivity contribution >= 4 is 27.6 Å². The fraction of sp³-hybridized carbons (Fsp3) is 0.385. The van der Waals surface area contributed by atoms with Gasteiger partial charge >= 0.3 is 0 Å². The van der Waals surface area contributed by atoms with Crippen LogP contribution in [0, 0.1) is 5.92 Å². The van der Waals surface area contributed by atoms with Crippen molar-refractivity contribution in [3.05, 3.63) is 76.3 Å². The van der Waals surface area contributed by atoms with E-state index >= 15 is 0 Å². The van der Waals surface area contributed by atoms with Crippen molar-refractivity contribution in [3.8, 4) is 5.75 Å². The summed E-state index contributed by atoms with van der Waals surface area (Å²) in [4.78, 5) is 5.09. The molecule has 3 aliphatic rings. The van der Waals surface area contributed by atoms with Crippen LogP contribution >= 0.6 is 15.9 Å². The number of nitrogens with zero attached hydrogens (tertiary/aromatic N) is 2. The summed E-state index contributed by atoms with van der Waals surface area (Å²) in [5.41, 5.74) is 3.88. The summed E-state index contributed by atoms with van der Waals surface area (Å²) in [6.45, 7) is 7.76. The van der Waals surface area contributed by atoms with Gasteiger partial charge in [0.2, 0.25) is 0 Å². The van der Waals surface area contributed by atoms with Crippen LogP contribution in [0.25, 0.3) is 11.6 Å². The molecule has 5 heteroatoms. The van der Waals surface area contributed by atoms with Gasteiger partial charge in [0, 0.05) is 55.2 Å². The first-order valence-corrected chi connectivity index (χ1v) is 12.0. The number of rotatable bonds is 5. The molecule has 0 saturated carbocycles. The van der Waals surface area contributed by atoms with Crippen molar-refractivity contribution in [1.82, 2.24) is 9.80 Å². The van der Waals surface area contributed by atoms with E-state index < -0.39 is 0 Å². The molecule has 1 saturated heterocycles. The lowest BCUT2D eigenvalue weighted by atomic mass is 9.84. The average Bonchev–Trinajstić information content (AvgIpc) is 2.81. The highest BCUT2D eigenvalue weighted by Crippen LogP contribution is 2.41. The summed E-state index contributed by atoms with van der Waals surface area (Å²) in [6, 6.07) is 16.8. The molecule has 3 aliphatic heterocycles. The lowest BCUT2D eigenvalue weighted by molar-refractivity contribution is -0.0117. The standard InChI is InChI=1S/C26H29BrN2O2/c27-21-8-9-25-23(17-21)22-10-16-30-26(24(22)19-31-25)18-29-14-12-28(13-15-29)11-4-7-20-5-2-1-3-6-20/h1-10,17,24,26H,11-16,18-19H2/b7-4+. The van der Waals surface area contributed by atoms with Crippen molar-refractivity contribution in [3.63, 3.8) is 0 Å². The molecule has 0 bridgehead atoms. The molecule has 0 spiro atoms. The van der Waals surface area contributed by atoms with Gasteiger partial charge in [0.25, 0.3) is 0 Å². The highest BCUT2D eigenvalue weighted by molar-refractivity contribution is 9.10. The van der Waals surface area contributed by atoms with E-state index in [2.05, 4.69) is 86.4 Å². The van der Waals surface area contributed by atoms with Crippen molar-refractivity contribution < 1.29 is 9.47 Å². The molecule has 5 rings (SSSR count). The Labute approximate surface area is 193 Å². The van der Waals surface area contributed by atoms with Gasteiger partial charge in [-0.2, -0.15) is 0 Å². The van der Waals surface area contributed by atoms with E-state index in [9.17, 15) is 0 Å². The molecule has 4 nitrogen and oxygen atoms in total. The van der Waals surface area contributed by atoms with Crippen LogP contribution in [-0.4, -0.2) is 68.4 Å². The van der Waals surface area contributed by atoms with Crippen molar-refractivity contribution in [2.24, 2.45) is 5.92 Å². The quantitative estimate of drug-likeness (QED) is 0.625. The first-order valence-electron chi connectivity index (χ1n) is 11.2. The van der Waals surface area contributed by atoms with E-state index in [0.717, 1.165) is 49.5 Å². The largest absolute Gasteiger partial charge is 0.492 e. The van der Waals surface area contributed by atoms with Crippen LogP contribution in [0.5, 0.6) is 5.75 Å². The number of fused-ring (bicyclic) bond motifs is 3. The molecule has 0 aliphatic carbocycles. The van der Waals surface area contributed by atoms with Crippen LogP contribution in [0.15, 0.2) is 65.2 Å². The molecule has 3 heterocycles. The molecule has 31 heavy (non-hydrogen) atoms. The Morgan fingerprint density at radius 3 is 2.65 bits per heavy atom. The molecular weight excluding hydrogens is 452 g/mol. The van der Waals surface area contributed by atoms with Gasteiger partial charge in [0.05, 0.1) is 19.3 Å². The maximum absolute atomic E-state index is 6.20. The Morgan fingerprint density at radius 2 is 1.81 bits per heavy atom. The third-order valence-electron chi connectivity index (χ3n) is 6.51. The first-order chi connectivity index (χ1) is 15.3. The number of ether oxygens (including phenoxy) is 2. The number of halogens is 1. The van der Waals surface area contributed by atoms with Crippen LogP contribution in [0.3, 0.4) is 0 Å². The smallest absolute Gasteiger partial charge is 0.126 e. The van der Waals surface area contributed by atoms with Gasteiger partial charge in [-0.25, -0.2) is 0 Å². The van der Waals surface area contributed by atoms with Gasteiger partial charge < -0.3 is 9.47 Å². The van der Waals surface area contributed by atoms with E-state index in [1.165, 1.54) is 16.7 Å². The monoisotopic (exact) mass is 480 g/mol. The van der Waals surface area contributed by atoms with E-state index in [1.807, 2.05) is 6.07 Å². The predicted octanol–water partition coefficient (Wildman–Crippen LogP) is 4.57. The molecule has 162 valence electrons. The lowest BCUT2D eigenvalue weighted by Gasteiger charge is -2.41. The molecule has 0 N–H and O–H groups in total. The molecule has 2 atom stereocenters. The second-order valence-corrected chi connectivity index (χ2v) is 9.42. The summed E-state index contributed by atoms with van der Waals surface area (Å²) < 4.78 is 13.4. The maximum atomic E-state index is 6.20. The second-order valence-electron chi connectivity index (χ2n) is 8.50. The Balaban J connectivity index is 1.14. The Kier molecular flexibility index (Phi) is 6.55. The van der Waals surface area contributed by atoms with Gasteiger partial charge in [0.15, 0.2) is 0 Å². The lowest BCUT2D eigenvalue weighted by Crippen LogP contribution is -2.51. The zero-order chi connectivity index (χ0) is 21.0. The molecule has 2 unspecified atom stereocenters. The zero-order valence-electron chi connectivity index (χ0n) is 17.8. The van der Waals surface area contributed by atoms with Gasteiger partial charge in [-0.3, -0.25) is 9.80 Å². The van der Waals surface area contributed by atoms with Crippen molar-refractivity contribution in [2.45, 2.75) is 6.10 Å². The molecule has 2 aromatic carbocycles. The molecule has 1 fully saturated rings. The van der Waals surface area contributed by atoms with Crippen LogP contribution in [0.2, 0.25) is 0 Å². The van der Waals surface area contributed by atoms with Crippen LogP contribution in [0.4, 0.5) is 0 Å². The van der Waals surface area contributed by atoms with Crippen LogP contribution in [0.1, 0.15) is 11.1 Å². The van der Waals surface area contributed by atoms with E-state index in [0.29, 0.717) is 19.1 Å².